The van der Waals surface area contributed by atoms with Gasteiger partial charge in [0.05, 0.1) is 6.26 Å². The van der Waals surface area contributed by atoms with Crippen LogP contribution in [0.4, 0.5) is 5.69 Å². The van der Waals surface area contributed by atoms with Crippen LogP contribution in [0.15, 0.2) is 52.2 Å². The second kappa shape index (κ2) is 6.96. The summed E-state index contributed by atoms with van der Waals surface area (Å²) in [4.78, 5) is 2.50. The Balaban J connectivity index is 1.44. The number of benzene rings is 1. The van der Waals surface area contributed by atoms with Gasteiger partial charge in [-0.15, -0.1) is 10.2 Å². The molecule has 0 bridgehead atoms. The maximum atomic E-state index is 5.47. The van der Waals surface area contributed by atoms with Crippen molar-refractivity contribution in [2.75, 3.05) is 17.2 Å². The summed E-state index contributed by atoms with van der Waals surface area (Å²) in [5, 5.41) is 9.64. The molecule has 1 aromatic carbocycles. The monoisotopic (exact) mass is 354 g/mol. The van der Waals surface area contributed by atoms with Gasteiger partial charge in [-0.25, -0.2) is 0 Å². The Morgan fingerprint density at radius 1 is 1.20 bits per heavy atom. The molecule has 0 saturated carbocycles. The Morgan fingerprint density at radius 2 is 2.08 bits per heavy atom. The first kappa shape index (κ1) is 16.3. The van der Waals surface area contributed by atoms with E-state index in [1.54, 1.807) is 18.0 Å². The van der Waals surface area contributed by atoms with E-state index in [2.05, 4.69) is 57.8 Å². The van der Waals surface area contributed by atoms with Crippen molar-refractivity contribution in [2.24, 2.45) is 0 Å². The van der Waals surface area contributed by atoms with Gasteiger partial charge in [0.25, 0.3) is 0 Å². The number of fused-ring (bicyclic) bond motifs is 1. The van der Waals surface area contributed by atoms with Gasteiger partial charge >= 0.3 is 0 Å². The zero-order chi connectivity index (χ0) is 17.2. The highest BCUT2D eigenvalue weighted by molar-refractivity contribution is 7.99. The van der Waals surface area contributed by atoms with Gasteiger partial charge in [-0.05, 0) is 44.0 Å². The van der Waals surface area contributed by atoms with E-state index in [9.17, 15) is 0 Å². The van der Waals surface area contributed by atoms with Crippen molar-refractivity contribution in [2.45, 2.75) is 38.0 Å². The van der Waals surface area contributed by atoms with Crippen LogP contribution in [-0.2, 0) is 13.0 Å². The van der Waals surface area contributed by atoms with Gasteiger partial charge in [0.2, 0.25) is 0 Å². The molecule has 0 fully saturated rings. The summed E-state index contributed by atoms with van der Waals surface area (Å²) < 4.78 is 7.59. The molecule has 6 heteroatoms. The average Bonchev–Trinajstić information content (AvgIpc) is 3.33. The lowest BCUT2D eigenvalue weighted by molar-refractivity contribution is 0.567. The Bertz CT molecular complexity index is 843. The molecule has 2 aromatic heterocycles. The van der Waals surface area contributed by atoms with E-state index in [-0.39, 0.29) is 0 Å². The van der Waals surface area contributed by atoms with Crippen molar-refractivity contribution >= 4 is 17.4 Å². The minimum absolute atomic E-state index is 0.556. The summed E-state index contributed by atoms with van der Waals surface area (Å²) in [5.74, 6) is 2.55. The zero-order valence-electron chi connectivity index (χ0n) is 14.6. The fourth-order valence-electron chi connectivity index (χ4n) is 3.47. The number of rotatable bonds is 6. The van der Waals surface area contributed by atoms with Crippen LogP contribution in [0.3, 0.4) is 0 Å². The summed E-state index contributed by atoms with van der Waals surface area (Å²) in [6, 6.07) is 13.1. The van der Waals surface area contributed by atoms with Crippen LogP contribution in [0.1, 0.15) is 19.4 Å². The molecule has 0 aliphatic carbocycles. The molecule has 1 aliphatic heterocycles. The summed E-state index contributed by atoms with van der Waals surface area (Å²) in [7, 11) is 0. The normalized spacial score (nSPS) is 16.4. The van der Waals surface area contributed by atoms with Crippen molar-refractivity contribution in [3.05, 3.63) is 48.2 Å². The van der Waals surface area contributed by atoms with Gasteiger partial charge in [-0.3, -0.25) is 4.57 Å². The first-order valence-corrected chi connectivity index (χ1v) is 9.71. The number of hydrogen-bond acceptors (Lipinski definition) is 5. The van der Waals surface area contributed by atoms with E-state index in [0.717, 1.165) is 42.0 Å². The first-order valence-electron chi connectivity index (χ1n) is 8.72. The standard InChI is InChI=1S/C19H22N4OS/c1-3-22-18(17-9-6-11-24-17)20-21-19(22)25-12-10-23-14(2)13-15-7-4-5-8-16(15)23/h4-9,11,14H,3,10,12-13H2,1-2H3. The van der Waals surface area contributed by atoms with Crippen LogP contribution in [0.2, 0.25) is 0 Å². The molecule has 0 spiro atoms. The number of hydrogen-bond donors (Lipinski definition) is 0. The van der Waals surface area contributed by atoms with Gasteiger partial charge in [-0.2, -0.15) is 0 Å². The molecule has 1 unspecified atom stereocenters. The summed E-state index contributed by atoms with van der Waals surface area (Å²) in [5.41, 5.74) is 2.83. The van der Waals surface area contributed by atoms with Gasteiger partial charge in [0.15, 0.2) is 16.7 Å². The van der Waals surface area contributed by atoms with Gasteiger partial charge in [0.1, 0.15) is 0 Å². The summed E-state index contributed by atoms with van der Waals surface area (Å²) in [6.07, 6.45) is 2.80. The maximum Gasteiger partial charge on any atom is 0.200 e. The van der Waals surface area contributed by atoms with Crippen molar-refractivity contribution in [1.29, 1.82) is 0 Å². The lowest BCUT2D eigenvalue weighted by atomic mass is 10.1. The van der Waals surface area contributed by atoms with E-state index in [1.165, 1.54) is 11.3 Å². The van der Waals surface area contributed by atoms with Crippen LogP contribution >= 0.6 is 11.8 Å². The lowest BCUT2D eigenvalue weighted by Crippen LogP contribution is -2.31. The molecule has 3 aromatic rings. The third-order valence-corrected chi connectivity index (χ3v) is 5.63. The molecule has 0 N–H and O–H groups in total. The fourth-order valence-corrected chi connectivity index (χ4v) is 4.41. The Labute approximate surface area is 152 Å². The SMILES string of the molecule is CCn1c(SCCN2c3ccccc3CC2C)nnc1-c1ccco1. The molecule has 1 atom stereocenters. The predicted octanol–water partition coefficient (Wildman–Crippen LogP) is 4.10. The van der Waals surface area contributed by atoms with Crippen LogP contribution < -0.4 is 4.90 Å². The first-order chi connectivity index (χ1) is 12.3. The number of anilines is 1. The largest absolute Gasteiger partial charge is 0.461 e. The molecule has 4 rings (SSSR count). The molecule has 25 heavy (non-hydrogen) atoms. The third-order valence-electron chi connectivity index (χ3n) is 4.69. The van der Waals surface area contributed by atoms with Crippen LogP contribution in [-0.4, -0.2) is 33.1 Å². The minimum atomic E-state index is 0.556. The van der Waals surface area contributed by atoms with E-state index in [4.69, 9.17) is 4.42 Å². The van der Waals surface area contributed by atoms with Crippen molar-refractivity contribution < 1.29 is 4.42 Å². The quantitative estimate of drug-likeness (QED) is 0.624. The van der Waals surface area contributed by atoms with E-state index in [0.29, 0.717) is 6.04 Å². The average molecular weight is 354 g/mol. The molecule has 0 amide bonds. The smallest absolute Gasteiger partial charge is 0.200 e. The highest BCUT2D eigenvalue weighted by Crippen LogP contribution is 2.32. The van der Waals surface area contributed by atoms with Crippen molar-refractivity contribution in [1.82, 2.24) is 14.8 Å². The van der Waals surface area contributed by atoms with Crippen LogP contribution in [0, 0.1) is 0 Å². The van der Waals surface area contributed by atoms with Crippen LogP contribution in [0.25, 0.3) is 11.6 Å². The number of thioether (sulfide) groups is 1. The molecule has 3 heterocycles. The lowest BCUT2D eigenvalue weighted by Gasteiger charge is -2.24. The van der Waals surface area contributed by atoms with Crippen LogP contribution in [0.5, 0.6) is 0 Å². The number of para-hydroxylation sites is 1. The second-order valence-corrected chi connectivity index (χ2v) is 7.31. The van der Waals surface area contributed by atoms with Gasteiger partial charge in [0, 0.05) is 30.6 Å². The number of nitrogens with zero attached hydrogens (tertiary/aromatic N) is 4. The third kappa shape index (κ3) is 3.06. The van der Waals surface area contributed by atoms with E-state index < -0.39 is 0 Å². The second-order valence-electron chi connectivity index (χ2n) is 6.25. The summed E-state index contributed by atoms with van der Waals surface area (Å²) >= 11 is 1.76. The molecular formula is C19H22N4OS. The predicted molar refractivity (Wildman–Crippen MR) is 101 cm³/mol. The molecule has 1 aliphatic rings. The Hall–Kier alpha value is -2.21. The molecule has 130 valence electrons. The van der Waals surface area contributed by atoms with E-state index >= 15 is 0 Å². The van der Waals surface area contributed by atoms with Crippen molar-refractivity contribution in [3.8, 4) is 11.6 Å². The maximum absolute atomic E-state index is 5.47. The summed E-state index contributed by atoms with van der Waals surface area (Å²) in [6.45, 7) is 6.25. The zero-order valence-corrected chi connectivity index (χ0v) is 15.4. The van der Waals surface area contributed by atoms with Crippen molar-refractivity contribution in [3.63, 3.8) is 0 Å². The Morgan fingerprint density at radius 3 is 2.88 bits per heavy atom. The number of aromatic nitrogens is 3. The molecule has 0 radical (unpaired) electrons. The molecular weight excluding hydrogens is 332 g/mol. The number of furan rings is 1. The highest BCUT2D eigenvalue weighted by atomic mass is 32.2. The molecule has 0 saturated heterocycles. The Kier molecular flexibility index (Phi) is 4.53. The van der Waals surface area contributed by atoms with Gasteiger partial charge < -0.3 is 9.32 Å². The topological polar surface area (TPSA) is 47.1 Å². The minimum Gasteiger partial charge on any atom is -0.461 e. The van der Waals surface area contributed by atoms with E-state index in [1.807, 2.05) is 12.1 Å². The van der Waals surface area contributed by atoms with Gasteiger partial charge in [-0.1, -0.05) is 30.0 Å². The fraction of sp³-hybridized carbons (Fsp3) is 0.368. The molecule has 5 nitrogen and oxygen atoms in total. The highest BCUT2D eigenvalue weighted by Gasteiger charge is 2.25.